The van der Waals surface area contributed by atoms with E-state index in [1.54, 1.807) is 0 Å². The highest BCUT2D eigenvalue weighted by molar-refractivity contribution is 5.52. The molecule has 0 aromatic heterocycles. The molecule has 3 heteroatoms. The molecule has 0 aliphatic heterocycles. The summed E-state index contributed by atoms with van der Waals surface area (Å²) in [6.45, 7) is 0.606. The minimum absolute atomic E-state index is 0.606. The Morgan fingerprint density at radius 3 is 2.48 bits per heavy atom. The second kappa shape index (κ2) is 7.54. The van der Waals surface area contributed by atoms with E-state index in [1.807, 2.05) is 42.5 Å². The van der Waals surface area contributed by atoms with Crippen molar-refractivity contribution in [3.8, 4) is 5.75 Å². The molecule has 0 heterocycles. The van der Waals surface area contributed by atoms with Crippen LogP contribution in [0.5, 0.6) is 5.75 Å². The van der Waals surface area contributed by atoms with E-state index in [2.05, 4.69) is 24.3 Å². The van der Waals surface area contributed by atoms with Gasteiger partial charge in [0.25, 0.3) is 0 Å². The van der Waals surface area contributed by atoms with E-state index < -0.39 is 0 Å². The van der Waals surface area contributed by atoms with Gasteiger partial charge in [-0.2, -0.15) is 0 Å². The second-order valence-electron chi connectivity index (χ2n) is 5.50. The Hall–Kier alpha value is -2.68. The molecule has 0 amide bonds. The molecule has 0 unspecified atom stereocenters. The third-order valence-electron chi connectivity index (χ3n) is 3.72. The molecule has 1 aliphatic carbocycles. The predicted molar refractivity (Wildman–Crippen MR) is 92.7 cm³/mol. The number of benzene rings is 2. The Morgan fingerprint density at radius 1 is 0.870 bits per heavy atom. The van der Waals surface area contributed by atoms with E-state index in [1.165, 1.54) is 5.56 Å². The van der Waals surface area contributed by atoms with Crippen LogP contribution in [-0.4, -0.2) is 0 Å². The first-order chi connectivity index (χ1) is 11.3. The maximum atomic E-state index is 5.92. The molecule has 3 nitrogen and oxygen atoms in total. The molecule has 3 rings (SSSR count). The minimum atomic E-state index is 0.606. The van der Waals surface area contributed by atoms with Gasteiger partial charge in [-0.15, -0.1) is 0 Å². The van der Waals surface area contributed by atoms with Gasteiger partial charge in [0.1, 0.15) is 18.1 Å². The van der Waals surface area contributed by atoms with Crippen LogP contribution in [0.2, 0.25) is 0 Å². The summed E-state index contributed by atoms with van der Waals surface area (Å²) in [6, 6.07) is 17.8. The van der Waals surface area contributed by atoms with Crippen LogP contribution in [-0.2, 0) is 11.3 Å². The van der Waals surface area contributed by atoms with Gasteiger partial charge in [-0.05, 0) is 36.3 Å². The highest BCUT2D eigenvalue weighted by Gasteiger charge is 2.09. The lowest BCUT2D eigenvalue weighted by molar-refractivity contribution is 0.189. The number of hydrogen-bond donors (Lipinski definition) is 1. The Morgan fingerprint density at radius 2 is 1.65 bits per heavy atom. The van der Waals surface area contributed by atoms with Gasteiger partial charge in [0, 0.05) is 12.8 Å². The van der Waals surface area contributed by atoms with E-state index in [0.29, 0.717) is 18.0 Å². The van der Waals surface area contributed by atoms with Crippen LogP contribution >= 0.6 is 0 Å². The van der Waals surface area contributed by atoms with Crippen molar-refractivity contribution in [3.63, 3.8) is 0 Å². The van der Waals surface area contributed by atoms with Gasteiger partial charge < -0.3 is 15.2 Å². The van der Waals surface area contributed by atoms with Crippen molar-refractivity contribution in [1.82, 2.24) is 0 Å². The summed E-state index contributed by atoms with van der Waals surface area (Å²) in [5, 5.41) is 0. The molecule has 2 aromatic rings. The number of anilines is 1. The van der Waals surface area contributed by atoms with E-state index in [4.69, 9.17) is 15.2 Å². The molecule has 0 atom stereocenters. The summed E-state index contributed by atoms with van der Waals surface area (Å²) >= 11 is 0. The standard InChI is InChI=1S/C20H21NO2/c21-19-11-4-5-12-20(19)23-18-10-6-9-17(13-14-18)22-15-16-7-2-1-3-8-16/h1-5,7-8,10-13H,6,9,14-15,21H2. The molecular weight excluding hydrogens is 286 g/mol. The number of nitrogens with two attached hydrogens (primary N) is 1. The Kier molecular flexibility index (Phi) is 4.99. The molecule has 0 saturated heterocycles. The minimum Gasteiger partial charge on any atom is -0.494 e. The maximum absolute atomic E-state index is 5.92. The first kappa shape index (κ1) is 15.2. The first-order valence-corrected chi connectivity index (χ1v) is 7.88. The van der Waals surface area contributed by atoms with Crippen molar-refractivity contribution in [1.29, 1.82) is 0 Å². The fourth-order valence-corrected chi connectivity index (χ4v) is 2.45. The van der Waals surface area contributed by atoms with Crippen LogP contribution in [0.15, 0.2) is 78.3 Å². The summed E-state index contributed by atoms with van der Waals surface area (Å²) in [5.41, 5.74) is 7.76. The lowest BCUT2D eigenvalue weighted by Gasteiger charge is -2.10. The zero-order chi connectivity index (χ0) is 15.9. The normalized spacial score (nSPS) is 14.4. The van der Waals surface area contributed by atoms with Gasteiger partial charge in [-0.1, -0.05) is 42.5 Å². The number of hydrogen-bond acceptors (Lipinski definition) is 3. The van der Waals surface area contributed by atoms with Crippen LogP contribution in [0.1, 0.15) is 24.8 Å². The number of nitrogen functional groups attached to an aromatic ring is 1. The molecular formula is C20H21NO2. The Labute approximate surface area is 137 Å². The van der Waals surface area contributed by atoms with Gasteiger partial charge >= 0.3 is 0 Å². The largest absolute Gasteiger partial charge is 0.494 e. The zero-order valence-electron chi connectivity index (χ0n) is 13.1. The highest BCUT2D eigenvalue weighted by atomic mass is 16.5. The van der Waals surface area contributed by atoms with Crippen LogP contribution in [0, 0.1) is 0 Å². The van der Waals surface area contributed by atoms with E-state index >= 15 is 0 Å². The predicted octanol–water partition coefficient (Wildman–Crippen LogP) is 4.82. The molecule has 0 saturated carbocycles. The molecule has 118 valence electrons. The quantitative estimate of drug-likeness (QED) is 0.806. The number of para-hydroxylation sites is 2. The molecule has 0 radical (unpaired) electrons. The van der Waals surface area contributed by atoms with Crippen LogP contribution in [0.25, 0.3) is 0 Å². The fourth-order valence-electron chi connectivity index (χ4n) is 2.45. The smallest absolute Gasteiger partial charge is 0.149 e. The molecule has 0 fully saturated rings. The SMILES string of the molecule is Nc1ccccc1OC1=CCCC(OCc2ccccc2)=CC1. The summed E-state index contributed by atoms with van der Waals surface area (Å²) in [4.78, 5) is 0. The number of rotatable bonds is 5. The van der Waals surface area contributed by atoms with Crippen molar-refractivity contribution in [3.05, 3.63) is 83.8 Å². The van der Waals surface area contributed by atoms with Gasteiger partial charge in [0.2, 0.25) is 0 Å². The maximum Gasteiger partial charge on any atom is 0.149 e. The van der Waals surface area contributed by atoms with Crippen LogP contribution < -0.4 is 10.5 Å². The van der Waals surface area contributed by atoms with Gasteiger partial charge in [-0.25, -0.2) is 0 Å². The summed E-state index contributed by atoms with van der Waals surface area (Å²) in [5.74, 6) is 2.65. The lowest BCUT2D eigenvalue weighted by atomic mass is 10.2. The van der Waals surface area contributed by atoms with Gasteiger partial charge in [0.15, 0.2) is 0 Å². The molecule has 2 aromatic carbocycles. The first-order valence-electron chi connectivity index (χ1n) is 7.88. The zero-order valence-corrected chi connectivity index (χ0v) is 13.1. The van der Waals surface area contributed by atoms with E-state index in [-0.39, 0.29) is 0 Å². The summed E-state index contributed by atoms with van der Waals surface area (Å²) < 4.78 is 11.8. The van der Waals surface area contributed by atoms with Crippen molar-refractivity contribution >= 4 is 5.69 Å². The van der Waals surface area contributed by atoms with Crippen molar-refractivity contribution in [2.24, 2.45) is 0 Å². The second-order valence-corrected chi connectivity index (χ2v) is 5.50. The van der Waals surface area contributed by atoms with Crippen molar-refractivity contribution < 1.29 is 9.47 Å². The monoisotopic (exact) mass is 307 g/mol. The molecule has 0 bridgehead atoms. The highest BCUT2D eigenvalue weighted by Crippen LogP contribution is 2.26. The van der Waals surface area contributed by atoms with Crippen LogP contribution in [0.3, 0.4) is 0 Å². The molecule has 2 N–H and O–H groups in total. The summed E-state index contributed by atoms with van der Waals surface area (Å²) in [6.07, 6.45) is 6.73. The fraction of sp³-hybridized carbons (Fsp3) is 0.200. The van der Waals surface area contributed by atoms with Gasteiger partial charge in [-0.3, -0.25) is 0 Å². The Bertz CT molecular complexity index is 705. The third-order valence-corrected chi connectivity index (χ3v) is 3.72. The number of allylic oxidation sites excluding steroid dienone is 3. The lowest BCUT2D eigenvalue weighted by Crippen LogP contribution is -1.97. The van der Waals surface area contributed by atoms with E-state index in [0.717, 1.165) is 30.8 Å². The third kappa shape index (κ3) is 4.39. The van der Waals surface area contributed by atoms with Crippen LogP contribution in [0.4, 0.5) is 5.69 Å². The summed E-state index contributed by atoms with van der Waals surface area (Å²) in [7, 11) is 0. The van der Waals surface area contributed by atoms with Gasteiger partial charge in [0.05, 0.1) is 11.4 Å². The topological polar surface area (TPSA) is 44.5 Å². The molecule has 1 aliphatic rings. The molecule has 0 spiro atoms. The average molecular weight is 307 g/mol. The number of ether oxygens (including phenoxy) is 2. The molecule has 23 heavy (non-hydrogen) atoms. The van der Waals surface area contributed by atoms with Crippen molar-refractivity contribution in [2.45, 2.75) is 25.9 Å². The van der Waals surface area contributed by atoms with E-state index in [9.17, 15) is 0 Å². The Balaban J connectivity index is 1.57. The van der Waals surface area contributed by atoms with Crippen molar-refractivity contribution in [2.75, 3.05) is 5.73 Å². The average Bonchev–Trinajstić information content (AvgIpc) is 2.81.